The molecule has 0 aliphatic carbocycles. The molecule has 0 unspecified atom stereocenters. The minimum Gasteiger partial charge on any atom is -0.233 e. The minimum absolute atomic E-state index is 0.913. The van der Waals surface area contributed by atoms with Crippen LogP contribution in [0.15, 0.2) is 55.6 Å². The van der Waals surface area contributed by atoms with Crippen LogP contribution in [0.3, 0.4) is 0 Å². The summed E-state index contributed by atoms with van der Waals surface area (Å²) in [4.78, 5) is 0. The number of rotatable bonds is 12. The predicted molar refractivity (Wildman–Crippen MR) is 178 cm³/mol. The van der Waals surface area contributed by atoms with Crippen LogP contribution in [0.1, 0.15) is 128 Å². The number of nitrogens with zero attached hydrogens (tertiary/aromatic N) is 4. The molecule has 1 aliphatic rings. The summed E-state index contributed by atoms with van der Waals surface area (Å²) in [6.45, 7) is 15.1. The molecule has 43 heavy (non-hydrogen) atoms. The monoisotopic (exact) mass is 580 g/mol. The molecule has 4 nitrogen and oxygen atoms in total. The summed E-state index contributed by atoms with van der Waals surface area (Å²) < 4.78 is 9.52. The smallest absolute Gasteiger partial charge is 0.233 e. The van der Waals surface area contributed by atoms with Gasteiger partial charge in [-0.3, -0.25) is 0 Å². The second-order valence-corrected chi connectivity index (χ2v) is 13.3. The van der Waals surface area contributed by atoms with Gasteiger partial charge in [-0.05, 0) is 85.4 Å². The summed E-state index contributed by atoms with van der Waals surface area (Å²) in [6.07, 6.45) is 29.5. The fourth-order valence-electron chi connectivity index (χ4n) is 7.16. The summed E-state index contributed by atoms with van der Waals surface area (Å²) in [6, 6.07) is 7.57. The largest absolute Gasteiger partial charge is 0.244 e. The predicted octanol–water partition coefficient (Wildman–Crippen LogP) is 8.32. The molecule has 2 aromatic heterocycles. The zero-order valence-electron chi connectivity index (χ0n) is 27.8. The van der Waals surface area contributed by atoms with E-state index in [1.165, 1.54) is 116 Å². The Labute approximate surface area is 261 Å². The van der Waals surface area contributed by atoms with Crippen molar-refractivity contribution in [3.63, 3.8) is 0 Å². The Morgan fingerprint density at radius 3 is 1.47 bits per heavy atom. The third kappa shape index (κ3) is 8.08. The molecular weight excluding hydrogens is 524 g/mol. The van der Waals surface area contributed by atoms with Crippen LogP contribution in [0.4, 0.5) is 0 Å². The van der Waals surface area contributed by atoms with E-state index in [1.807, 2.05) is 0 Å². The number of fused-ring (bicyclic) bond motifs is 7. The van der Waals surface area contributed by atoms with Gasteiger partial charge in [-0.1, -0.05) is 83.4 Å². The minimum atomic E-state index is 0.913. The molecule has 1 aliphatic heterocycles. The van der Waals surface area contributed by atoms with Gasteiger partial charge in [-0.15, -0.1) is 0 Å². The van der Waals surface area contributed by atoms with Gasteiger partial charge in [-0.2, -0.15) is 0 Å². The Kier molecular flexibility index (Phi) is 10.9. The first-order valence-electron chi connectivity index (χ1n) is 17.3. The third-order valence-electron chi connectivity index (χ3n) is 9.79. The lowest BCUT2D eigenvalue weighted by atomic mass is 9.91. The fraction of sp³-hybridized carbons (Fsp3) is 0.538. The molecule has 0 saturated carbocycles. The molecule has 5 rings (SSSR count). The number of imidazole rings is 2. The molecule has 4 heteroatoms. The number of benzene rings is 2. The summed E-state index contributed by atoms with van der Waals surface area (Å²) in [5.74, 6) is 0. The van der Waals surface area contributed by atoms with Crippen molar-refractivity contribution < 1.29 is 9.13 Å². The van der Waals surface area contributed by atoms with E-state index in [-0.39, 0.29) is 0 Å². The standard InChI is InChI=1S/C39H56N4/c1-6-8-10-12-14-16-34-23-36-25-40-18-20-42(29-40)27-38-31(3)22-32(4)39(33(38)5)28-43-21-19-41(30-43)26-37(36)24-35(34)17-15-13-11-9-7-2/h18-24,29-30H,6-17,25-28H2,1-5H3/q+2. The molecule has 0 spiro atoms. The van der Waals surface area contributed by atoms with Crippen molar-refractivity contribution in [3.8, 4) is 0 Å². The van der Waals surface area contributed by atoms with Crippen LogP contribution in [-0.2, 0) is 39.0 Å². The van der Waals surface area contributed by atoms with Crippen molar-refractivity contribution in [1.29, 1.82) is 0 Å². The first-order valence-corrected chi connectivity index (χ1v) is 17.3. The molecule has 0 atom stereocenters. The average Bonchev–Trinajstić information content (AvgIpc) is 3.63. The van der Waals surface area contributed by atoms with Crippen molar-refractivity contribution >= 4 is 0 Å². The van der Waals surface area contributed by atoms with Gasteiger partial charge >= 0.3 is 0 Å². The molecule has 230 valence electrons. The van der Waals surface area contributed by atoms with Crippen LogP contribution in [0.5, 0.6) is 0 Å². The Morgan fingerprint density at radius 1 is 0.581 bits per heavy atom. The Bertz CT molecular complexity index is 1380. The van der Waals surface area contributed by atoms with Gasteiger partial charge in [0.2, 0.25) is 12.7 Å². The Balaban J connectivity index is 1.51. The van der Waals surface area contributed by atoms with Crippen molar-refractivity contribution in [2.45, 2.75) is 138 Å². The van der Waals surface area contributed by atoms with Crippen LogP contribution < -0.4 is 9.13 Å². The highest BCUT2D eigenvalue weighted by Crippen LogP contribution is 2.26. The quantitative estimate of drug-likeness (QED) is 0.104. The number of aromatic nitrogens is 4. The summed E-state index contributed by atoms with van der Waals surface area (Å²) >= 11 is 0. The molecule has 3 heterocycles. The summed E-state index contributed by atoms with van der Waals surface area (Å²) in [7, 11) is 0. The number of unbranched alkanes of at least 4 members (excludes halogenated alkanes) is 8. The van der Waals surface area contributed by atoms with Gasteiger partial charge in [0.1, 0.15) is 51.0 Å². The van der Waals surface area contributed by atoms with E-state index in [4.69, 9.17) is 0 Å². The zero-order chi connectivity index (χ0) is 30.2. The van der Waals surface area contributed by atoms with Crippen molar-refractivity contribution in [2.24, 2.45) is 0 Å². The van der Waals surface area contributed by atoms with Gasteiger partial charge in [0.25, 0.3) is 0 Å². The molecule has 0 radical (unpaired) electrons. The van der Waals surface area contributed by atoms with Gasteiger partial charge < -0.3 is 0 Å². The molecule has 2 aromatic carbocycles. The second-order valence-electron chi connectivity index (χ2n) is 13.3. The molecule has 0 amide bonds. The van der Waals surface area contributed by atoms with Gasteiger partial charge in [0, 0.05) is 11.1 Å². The molecular formula is C39H56N4+2. The van der Waals surface area contributed by atoms with E-state index >= 15 is 0 Å². The molecule has 0 N–H and O–H groups in total. The highest BCUT2D eigenvalue weighted by Gasteiger charge is 2.20. The number of aryl methyl sites for hydroxylation is 4. The lowest BCUT2D eigenvalue weighted by molar-refractivity contribution is -0.693. The topological polar surface area (TPSA) is 17.6 Å². The maximum atomic E-state index is 2.59. The Hall–Kier alpha value is -3.14. The van der Waals surface area contributed by atoms with E-state index in [0.29, 0.717) is 0 Å². The fourth-order valence-corrected chi connectivity index (χ4v) is 7.16. The number of hydrogen-bond donors (Lipinski definition) is 0. The first-order chi connectivity index (χ1) is 20.9. The van der Waals surface area contributed by atoms with Crippen LogP contribution in [0.25, 0.3) is 0 Å². The first kappa shape index (κ1) is 31.3. The third-order valence-corrected chi connectivity index (χ3v) is 9.79. The zero-order valence-corrected chi connectivity index (χ0v) is 27.8. The van der Waals surface area contributed by atoms with Gasteiger partial charge in [0.15, 0.2) is 0 Å². The highest BCUT2D eigenvalue weighted by molar-refractivity contribution is 5.45. The normalized spacial score (nSPS) is 13.0. The summed E-state index contributed by atoms with van der Waals surface area (Å²) in [5.41, 5.74) is 13.3. The SMILES string of the molecule is CCCCCCCc1cc2c(cc1CCCCCCC)C[n+]1ccn(c1)Cc1c(C)cc(C)c(c1C)Cn1cc[n+](c1)C2. The van der Waals surface area contributed by atoms with Gasteiger partial charge in [-0.25, -0.2) is 18.3 Å². The molecule has 4 aromatic rings. The maximum Gasteiger partial charge on any atom is 0.244 e. The average molecular weight is 581 g/mol. The highest BCUT2D eigenvalue weighted by atomic mass is 15.1. The van der Waals surface area contributed by atoms with E-state index in [1.54, 1.807) is 11.1 Å². The van der Waals surface area contributed by atoms with Gasteiger partial charge in [0.05, 0.1) is 0 Å². The van der Waals surface area contributed by atoms with Crippen LogP contribution in [-0.4, -0.2) is 9.13 Å². The van der Waals surface area contributed by atoms with E-state index in [0.717, 1.165) is 26.2 Å². The van der Waals surface area contributed by atoms with E-state index in [2.05, 4.69) is 109 Å². The Morgan fingerprint density at radius 2 is 1.02 bits per heavy atom. The summed E-state index contributed by atoms with van der Waals surface area (Å²) in [5, 5.41) is 0. The van der Waals surface area contributed by atoms with E-state index < -0.39 is 0 Å². The van der Waals surface area contributed by atoms with Crippen LogP contribution in [0, 0.1) is 20.8 Å². The number of hydrogen-bond acceptors (Lipinski definition) is 0. The van der Waals surface area contributed by atoms with Crippen molar-refractivity contribution in [2.75, 3.05) is 0 Å². The molecule has 6 bridgehead atoms. The molecule has 0 saturated heterocycles. The van der Waals surface area contributed by atoms with Crippen LogP contribution in [0.2, 0.25) is 0 Å². The lowest BCUT2D eigenvalue weighted by Crippen LogP contribution is -2.35. The van der Waals surface area contributed by atoms with Crippen LogP contribution >= 0.6 is 0 Å². The molecule has 0 fully saturated rings. The maximum absolute atomic E-state index is 2.59. The second kappa shape index (κ2) is 15.0. The van der Waals surface area contributed by atoms with E-state index in [9.17, 15) is 0 Å². The lowest BCUT2D eigenvalue weighted by Gasteiger charge is -2.16. The van der Waals surface area contributed by atoms with Crippen molar-refractivity contribution in [3.05, 3.63) is 106 Å². The van der Waals surface area contributed by atoms with Crippen molar-refractivity contribution in [1.82, 2.24) is 9.13 Å².